The van der Waals surface area contributed by atoms with Crippen molar-refractivity contribution in [1.82, 2.24) is 10.2 Å². The van der Waals surface area contributed by atoms with Gasteiger partial charge in [-0.15, -0.1) is 0 Å². The van der Waals surface area contributed by atoms with Crippen molar-refractivity contribution in [3.05, 3.63) is 0 Å². The van der Waals surface area contributed by atoms with Crippen molar-refractivity contribution >= 4 is 6.29 Å². The van der Waals surface area contributed by atoms with Gasteiger partial charge in [0.15, 0.2) is 0 Å². The Kier molecular flexibility index (Phi) is 17.3. The molecule has 1 rings (SSSR count). The fraction of sp³-hybridized carbons (Fsp3) is 0.958. The molecule has 1 unspecified atom stereocenters. The first-order chi connectivity index (χ1) is 13.4. The van der Waals surface area contributed by atoms with Gasteiger partial charge in [-0.05, 0) is 6.42 Å². The molecule has 0 amide bonds. The summed E-state index contributed by atoms with van der Waals surface area (Å²) in [6.45, 7) is 6.41. The normalized spacial score (nSPS) is 16.5. The highest BCUT2D eigenvalue weighted by Crippen LogP contribution is 2.15. The first-order valence-electron chi connectivity index (χ1n) is 12.3. The molecule has 0 aliphatic carbocycles. The summed E-state index contributed by atoms with van der Waals surface area (Å²) in [5.74, 6) is 0. The number of carbonyl (C=O) groups is 1. The highest BCUT2D eigenvalue weighted by atomic mass is 16.1. The summed E-state index contributed by atoms with van der Waals surface area (Å²) in [5.41, 5.74) is 0. The Morgan fingerprint density at radius 3 is 1.52 bits per heavy atom. The summed E-state index contributed by atoms with van der Waals surface area (Å²) in [7, 11) is 0. The van der Waals surface area contributed by atoms with Crippen LogP contribution in [0.5, 0.6) is 0 Å². The van der Waals surface area contributed by atoms with Gasteiger partial charge in [0.05, 0.1) is 6.04 Å². The standard InChI is InChI=1S/C24H48N2O/c1-2-3-4-5-6-7-8-9-10-11-12-13-14-15-16-17-18-24(23-27)26-21-19-25-20-22-26/h23-25H,2-22H2,1H3. The fourth-order valence-corrected chi connectivity index (χ4v) is 4.25. The Balaban J connectivity index is 1.78. The van der Waals surface area contributed by atoms with Crippen LogP contribution >= 0.6 is 0 Å². The lowest BCUT2D eigenvalue weighted by Crippen LogP contribution is -2.49. The molecule has 0 aromatic carbocycles. The molecular weight excluding hydrogens is 332 g/mol. The monoisotopic (exact) mass is 380 g/mol. The van der Waals surface area contributed by atoms with E-state index in [9.17, 15) is 4.79 Å². The Morgan fingerprint density at radius 2 is 1.11 bits per heavy atom. The summed E-state index contributed by atoms with van der Waals surface area (Å²) in [4.78, 5) is 13.7. The second-order valence-corrected chi connectivity index (χ2v) is 8.58. The molecule has 3 nitrogen and oxygen atoms in total. The van der Waals surface area contributed by atoms with E-state index in [4.69, 9.17) is 0 Å². The molecule has 0 spiro atoms. The molecule has 0 aromatic heterocycles. The molecule has 3 heteroatoms. The van der Waals surface area contributed by atoms with E-state index in [-0.39, 0.29) is 6.04 Å². The minimum absolute atomic E-state index is 0.166. The Morgan fingerprint density at radius 1 is 0.704 bits per heavy atom. The molecule has 1 aliphatic rings. The summed E-state index contributed by atoms with van der Waals surface area (Å²) >= 11 is 0. The predicted molar refractivity (Wildman–Crippen MR) is 118 cm³/mol. The first kappa shape index (κ1) is 24.6. The SMILES string of the molecule is CCCCCCCCCCCCCCCCCCC(C=O)N1CCNCC1. The number of nitrogens with one attached hydrogen (secondary N) is 1. The zero-order chi connectivity index (χ0) is 19.4. The van der Waals surface area contributed by atoms with Crippen LogP contribution < -0.4 is 5.32 Å². The van der Waals surface area contributed by atoms with Gasteiger partial charge in [0, 0.05) is 26.2 Å². The van der Waals surface area contributed by atoms with E-state index in [2.05, 4.69) is 17.1 Å². The number of piperazine rings is 1. The van der Waals surface area contributed by atoms with Gasteiger partial charge >= 0.3 is 0 Å². The molecule has 1 fully saturated rings. The third-order valence-electron chi connectivity index (χ3n) is 6.13. The van der Waals surface area contributed by atoms with Crippen LogP contribution in [-0.4, -0.2) is 43.4 Å². The number of carbonyl (C=O) groups excluding carboxylic acids is 1. The first-order valence-corrected chi connectivity index (χ1v) is 12.3. The maximum absolute atomic E-state index is 11.3. The van der Waals surface area contributed by atoms with Crippen molar-refractivity contribution in [1.29, 1.82) is 0 Å². The van der Waals surface area contributed by atoms with Crippen LogP contribution in [0.4, 0.5) is 0 Å². The number of hydrogen-bond acceptors (Lipinski definition) is 3. The van der Waals surface area contributed by atoms with Crippen molar-refractivity contribution in [2.75, 3.05) is 26.2 Å². The van der Waals surface area contributed by atoms with Crippen LogP contribution in [0.2, 0.25) is 0 Å². The second kappa shape index (κ2) is 18.9. The lowest BCUT2D eigenvalue weighted by atomic mass is 10.0. The molecule has 1 atom stereocenters. The van der Waals surface area contributed by atoms with E-state index in [0.29, 0.717) is 0 Å². The minimum atomic E-state index is 0.166. The van der Waals surface area contributed by atoms with E-state index >= 15 is 0 Å². The summed E-state index contributed by atoms with van der Waals surface area (Å²) in [6, 6.07) is 0.166. The van der Waals surface area contributed by atoms with Crippen molar-refractivity contribution in [2.45, 2.75) is 122 Å². The number of rotatable bonds is 19. The van der Waals surface area contributed by atoms with Crippen LogP contribution in [0.1, 0.15) is 116 Å². The number of aldehydes is 1. The summed E-state index contributed by atoms with van der Waals surface area (Å²) in [6.07, 6.45) is 24.7. The third kappa shape index (κ3) is 14.3. The van der Waals surface area contributed by atoms with Gasteiger partial charge in [-0.1, -0.05) is 110 Å². The smallest absolute Gasteiger partial charge is 0.137 e. The van der Waals surface area contributed by atoms with Crippen LogP contribution in [-0.2, 0) is 4.79 Å². The van der Waals surface area contributed by atoms with Crippen LogP contribution in [0, 0.1) is 0 Å². The average Bonchev–Trinajstić information content (AvgIpc) is 2.71. The molecular formula is C24H48N2O. The lowest BCUT2D eigenvalue weighted by molar-refractivity contribution is -0.112. The van der Waals surface area contributed by atoms with Crippen LogP contribution in [0.15, 0.2) is 0 Å². The Bertz CT molecular complexity index is 316. The molecule has 1 heterocycles. The number of nitrogens with zero attached hydrogens (tertiary/aromatic N) is 1. The fourth-order valence-electron chi connectivity index (χ4n) is 4.25. The minimum Gasteiger partial charge on any atom is -0.314 e. The second-order valence-electron chi connectivity index (χ2n) is 8.58. The average molecular weight is 381 g/mol. The maximum Gasteiger partial charge on any atom is 0.137 e. The van der Waals surface area contributed by atoms with E-state index in [1.165, 1.54) is 109 Å². The highest BCUT2D eigenvalue weighted by molar-refractivity contribution is 5.57. The predicted octanol–water partition coefficient (Wildman–Crippen LogP) is 6.11. The van der Waals surface area contributed by atoms with Crippen molar-refractivity contribution in [3.63, 3.8) is 0 Å². The van der Waals surface area contributed by atoms with Gasteiger partial charge in [-0.25, -0.2) is 0 Å². The molecule has 0 radical (unpaired) electrons. The topological polar surface area (TPSA) is 32.3 Å². The molecule has 0 bridgehead atoms. The number of unbranched alkanes of at least 4 members (excludes halogenated alkanes) is 15. The molecule has 0 saturated carbocycles. The van der Waals surface area contributed by atoms with Gasteiger partial charge < -0.3 is 10.1 Å². The summed E-state index contributed by atoms with van der Waals surface area (Å²) in [5, 5.41) is 3.36. The van der Waals surface area contributed by atoms with Gasteiger partial charge in [-0.3, -0.25) is 4.90 Å². The Labute approximate surface area is 170 Å². The van der Waals surface area contributed by atoms with Crippen molar-refractivity contribution in [3.8, 4) is 0 Å². The largest absolute Gasteiger partial charge is 0.314 e. The van der Waals surface area contributed by atoms with Gasteiger partial charge in [-0.2, -0.15) is 0 Å². The van der Waals surface area contributed by atoms with Gasteiger partial charge in [0.25, 0.3) is 0 Å². The van der Waals surface area contributed by atoms with E-state index in [0.717, 1.165) is 32.6 Å². The van der Waals surface area contributed by atoms with Gasteiger partial charge in [0.2, 0.25) is 0 Å². The van der Waals surface area contributed by atoms with Crippen LogP contribution in [0.25, 0.3) is 0 Å². The quantitative estimate of drug-likeness (QED) is 0.217. The van der Waals surface area contributed by atoms with E-state index in [1.54, 1.807) is 0 Å². The molecule has 160 valence electrons. The zero-order valence-electron chi connectivity index (χ0n) is 18.4. The maximum atomic E-state index is 11.3. The zero-order valence-corrected chi connectivity index (χ0v) is 18.4. The third-order valence-corrected chi connectivity index (χ3v) is 6.13. The molecule has 1 aliphatic heterocycles. The van der Waals surface area contributed by atoms with Crippen molar-refractivity contribution in [2.24, 2.45) is 0 Å². The molecule has 0 aromatic rings. The lowest BCUT2D eigenvalue weighted by Gasteiger charge is -2.31. The summed E-state index contributed by atoms with van der Waals surface area (Å²) < 4.78 is 0. The number of hydrogen-bond donors (Lipinski definition) is 1. The molecule has 27 heavy (non-hydrogen) atoms. The van der Waals surface area contributed by atoms with Gasteiger partial charge in [0.1, 0.15) is 6.29 Å². The van der Waals surface area contributed by atoms with E-state index < -0.39 is 0 Å². The van der Waals surface area contributed by atoms with Crippen molar-refractivity contribution < 1.29 is 4.79 Å². The molecule has 1 N–H and O–H groups in total. The molecule has 1 saturated heterocycles. The van der Waals surface area contributed by atoms with E-state index in [1.807, 2.05) is 0 Å². The highest BCUT2D eigenvalue weighted by Gasteiger charge is 2.18. The van der Waals surface area contributed by atoms with Crippen LogP contribution in [0.3, 0.4) is 0 Å². The Hall–Kier alpha value is -0.410.